The summed E-state index contributed by atoms with van der Waals surface area (Å²) in [6.07, 6.45) is 1.00. The number of rotatable bonds is 5. The van der Waals surface area contributed by atoms with Crippen LogP contribution in [0.25, 0.3) is 10.7 Å². The summed E-state index contributed by atoms with van der Waals surface area (Å²) >= 11 is 1.54. The van der Waals surface area contributed by atoms with Gasteiger partial charge in [0.15, 0.2) is 0 Å². The fourth-order valence-corrected chi connectivity index (χ4v) is 2.65. The molecule has 3 rings (SSSR count). The van der Waals surface area contributed by atoms with Crippen molar-refractivity contribution < 1.29 is 9.53 Å². The fourth-order valence-electron chi connectivity index (χ4n) is 2.00. The molecule has 7 nitrogen and oxygen atoms in total. The molecule has 1 aliphatic heterocycles. The number of thiophene rings is 1. The van der Waals surface area contributed by atoms with E-state index in [-0.39, 0.29) is 12.5 Å². The highest BCUT2D eigenvalue weighted by atomic mass is 32.1. The predicted octanol–water partition coefficient (Wildman–Crippen LogP) is 0.554. The minimum Gasteiger partial charge on any atom is -0.381 e. The standard InChI is InChI=1S/C12H15N5O2S/c18-11(13-6-9-3-4-19-8-9)7-17-15-12(14-16-17)10-2-1-5-20-10/h1-2,5,9H,3-4,6-8H2,(H,13,18). The number of nitrogens with one attached hydrogen (secondary N) is 1. The van der Waals surface area contributed by atoms with Gasteiger partial charge in [0.1, 0.15) is 6.54 Å². The Balaban J connectivity index is 1.51. The molecule has 1 amide bonds. The van der Waals surface area contributed by atoms with Crippen LogP contribution >= 0.6 is 11.3 Å². The van der Waals surface area contributed by atoms with E-state index in [1.807, 2.05) is 17.5 Å². The first-order chi connectivity index (χ1) is 9.81. The summed E-state index contributed by atoms with van der Waals surface area (Å²) < 4.78 is 5.26. The average Bonchev–Trinajstić information content (AvgIpc) is 3.18. The van der Waals surface area contributed by atoms with Crippen LogP contribution in [0.1, 0.15) is 6.42 Å². The highest BCUT2D eigenvalue weighted by molar-refractivity contribution is 7.13. The summed E-state index contributed by atoms with van der Waals surface area (Å²) in [5.74, 6) is 0.869. The number of tetrazole rings is 1. The number of hydrogen-bond acceptors (Lipinski definition) is 6. The first-order valence-electron chi connectivity index (χ1n) is 6.47. The lowest BCUT2D eigenvalue weighted by atomic mass is 10.1. The Hall–Kier alpha value is -1.80. The maximum absolute atomic E-state index is 11.8. The van der Waals surface area contributed by atoms with Crippen LogP contribution in [-0.4, -0.2) is 45.9 Å². The van der Waals surface area contributed by atoms with E-state index in [9.17, 15) is 4.79 Å². The van der Waals surface area contributed by atoms with Crippen molar-refractivity contribution in [2.24, 2.45) is 5.92 Å². The van der Waals surface area contributed by atoms with Crippen LogP contribution in [-0.2, 0) is 16.1 Å². The molecule has 0 spiro atoms. The number of ether oxygens (including phenoxy) is 1. The van der Waals surface area contributed by atoms with Crippen molar-refractivity contribution in [3.8, 4) is 10.7 Å². The minimum atomic E-state index is -0.105. The van der Waals surface area contributed by atoms with E-state index < -0.39 is 0 Å². The Morgan fingerprint density at radius 3 is 3.30 bits per heavy atom. The van der Waals surface area contributed by atoms with Crippen molar-refractivity contribution in [3.05, 3.63) is 17.5 Å². The molecule has 2 aromatic rings. The second-order valence-corrected chi connectivity index (χ2v) is 5.60. The van der Waals surface area contributed by atoms with Crippen molar-refractivity contribution in [1.82, 2.24) is 25.5 Å². The van der Waals surface area contributed by atoms with Gasteiger partial charge in [0.2, 0.25) is 11.7 Å². The van der Waals surface area contributed by atoms with Gasteiger partial charge in [-0.2, -0.15) is 4.80 Å². The van der Waals surface area contributed by atoms with Crippen molar-refractivity contribution in [2.45, 2.75) is 13.0 Å². The normalized spacial score (nSPS) is 18.3. The third-order valence-electron chi connectivity index (χ3n) is 3.09. The van der Waals surface area contributed by atoms with E-state index >= 15 is 0 Å². The van der Waals surface area contributed by atoms with Gasteiger partial charge in [-0.3, -0.25) is 4.79 Å². The van der Waals surface area contributed by atoms with Crippen molar-refractivity contribution in [1.29, 1.82) is 0 Å². The third-order valence-corrected chi connectivity index (χ3v) is 3.96. The van der Waals surface area contributed by atoms with E-state index in [1.165, 1.54) is 4.80 Å². The molecule has 20 heavy (non-hydrogen) atoms. The second-order valence-electron chi connectivity index (χ2n) is 4.65. The lowest BCUT2D eigenvalue weighted by Crippen LogP contribution is -2.32. The summed E-state index contributed by atoms with van der Waals surface area (Å²) in [6.45, 7) is 2.25. The molecule has 1 atom stereocenters. The maximum Gasteiger partial charge on any atom is 0.243 e. The molecular weight excluding hydrogens is 278 g/mol. The number of aromatic nitrogens is 4. The Morgan fingerprint density at radius 2 is 2.55 bits per heavy atom. The molecule has 8 heteroatoms. The molecule has 1 unspecified atom stereocenters. The van der Waals surface area contributed by atoms with Gasteiger partial charge in [0, 0.05) is 19.1 Å². The Bertz CT molecular complexity index is 562. The second kappa shape index (κ2) is 6.10. The van der Waals surface area contributed by atoms with Gasteiger partial charge < -0.3 is 10.1 Å². The topological polar surface area (TPSA) is 81.9 Å². The summed E-state index contributed by atoms with van der Waals surface area (Å²) in [5, 5.41) is 16.8. The highest BCUT2D eigenvalue weighted by Crippen LogP contribution is 2.19. The highest BCUT2D eigenvalue weighted by Gasteiger charge is 2.17. The lowest BCUT2D eigenvalue weighted by molar-refractivity contribution is -0.122. The van der Waals surface area contributed by atoms with Gasteiger partial charge in [0.25, 0.3) is 0 Å². The lowest BCUT2D eigenvalue weighted by Gasteiger charge is -2.08. The zero-order chi connectivity index (χ0) is 13.8. The SMILES string of the molecule is O=C(Cn1nnc(-c2cccs2)n1)NCC1CCOC1. The van der Waals surface area contributed by atoms with Gasteiger partial charge in [-0.25, -0.2) is 0 Å². The first kappa shape index (κ1) is 13.2. The largest absolute Gasteiger partial charge is 0.381 e. The predicted molar refractivity (Wildman–Crippen MR) is 73.1 cm³/mol. The molecule has 3 heterocycles. The Kier molecular flexibility index (Phi) is 4.03. The fraction of sp³-hybridized carbons (Fsp3) is 0.500. The summed E-state index contributed by atoms with van der Waals surface area (Å²) in [4.78, 5) is 14.0. The van der Waals surface area contributed by atoms with E-state index in [4.69, 9.17) is 4.74 Å². The minimum absolute atomic E-state index is 0.0892. The van der Waals surface area contributed by atoms with Gasteiger partial charge in [0.05, 0.1) is 11.5 Å². The molecule has 106 valence electrons. The monoisotopic (exact) mass is 293 g/mol. The smallest absolute Gasteiger partial charge is 0.243 e. The zero-order valence-corrected chi connectivity index (χ0v) is 11.7. The van der Waals surface area contributed by atoms with E-state index in [0.717, 1.165) is 24.5 Å². The third kappa shape index (κ3) is 3.20. The molecule has 0 aromatic carbocycles. The van der Waals surface area contributed by atoms with Gasteiger partial charge in [-0.1, -0.05) is 6.07 Å². The number of nitrogens with zero attached hydrogens (tertiary/aromatic N) is 4. The average molecular weight is 293 g/mol. The number of hydrogen-bond donors (Lipinski definition) is 1. The quantitative estimate of drug-likeness (QED) is 0.871. The molecule has 1 aliphatic rings. The number of amides is 1. The molecular formula is C12H15N5O2S. The van der Waals surface area contributed by atoms with Gasteiger partial charge in [-0.05, 0) is 23.1 Å². The Labute approximate surface area is 119 Å². The number of carbonyl (C=O) groups excluding carboxylic acids is 1. The van der Waals surface area contributed by atoms with Crippen LogP contribution in [0.15, 0.2) is 17.5 Å². The molecule has 1 fully saturated rings. The van der Waals surface area contributed by atoms with Crippen LogP contribution in [0.2, 0.25) is 0 Å². The van der Waals surface area contributed by atoms with E-state index in [1.54, 1.807) is 11.3 Å². The van der Waals surface area contributed by atoms with Crippen LogP contribution in [0.4, 0.5) is 0 Å². The van der Waals surface area contributed by atoms with Crippen molar-refractivity contribution in [2.75, 3.05) is 19.8 Å². The molecule has 1 saturated heterocycles. The van der Waals surface area contributed by atoms with Gasteiger partial charge >= 0.3 is 0 Å². The van der Waals surface area contributed by atoms with E-state index in [2.05, 4.69) is 20.7 Å². The van der Waals surface area contributed by atoms with Gasteiger partial charge in [-0.15, -0.1) is 21.5 Å². The van der Waals surface area contributed by atoms with Crippen LogP contribution in [0.3, 0.4) is 0 Å². The first-order valence-corrected chi connectivity index (χ1v) is 7.35. The Morgan fingerprint density at radius 1 is 1.60 bits per heavy atom. The molecule has 0 saturated carbocycles. The molecule has 0 bridgehead atoms. The van der Waals surface area contributed by atoms with Crippen LogP contribution in [0.5, 0.6) is 0 Å². The summed E-state index contributed by atoms with van der Waals surface area (Å²) in [5.41, 5.74) is 0. The maximum atomic E-state index is 11.8. The molecule has 2 aromatic heterocycles. The molecule has 0 radical (unpaired) electrons. The van der Waals surface area contributed by atoms with Crippen LogP contribution in [0, 0.1) is 5.92 Å². The number of carbonyl (C=O) groups is 1. The molecule has 1 N–H and O–H groups in total. The summed E-state index contributed by atoms with van der Waals surface area (Å²) in [6, 6.07) is 3.85. The van der Waals surface area contributed by atoms with Crippen LogP contribution < -0.4 is 5.32 Å². The van der Waals surface area contributed by atoms with Crippen molar-refractivity contribution in [3.63, 3.8) is 0 Å². The zero-order valence-electron chi connectivity index (χ0n) is 10.9. The summed E-state index contributed by atoms with van der Waals surface area (Å²) in [7, 11) is 0. The molecule has 0 aliphatic carbocycles. The van der Waals surface area contributed by atoms with Crippen molar-refractivity contribution >= 4 is 17.2 Å². The van der Waals surface area contributed by atoms with E-state index in [0.29, 0.717) is 18.3 Å².